The largest absolute Gasteiger partial charge is 0.490 e. The molecule has 1 amide bonds. The quantitative estimate of drug-likeness (QED) is 0.497. The van der Waals surface area contributed by atoms with Crippen LogP contribution in [-0.4, -0.2) is 50.0 Å². The highest BCUT2D eigenvalue weighted by molar-refractivity contribution is 5.95. The number of benzene rings is 2. The van der Waals surface area contributed by atoms with Crippen molar-refractivity contribution in [3.05, 3.63) is 53.6 Å². The molecule has 2 rings (SSSR count). The lowest BCUT2D eigenvalue weighted by atomic mass is 10.2. The summed E-state index contributed by atoms with van der Waals surface area (Å²) in [6.45, 7) is 3.64. The van der Waals surface area contributed by atoms with Crippen molar-refractivity contribution >= 4 is 23.8 Å². The summed E-state index contributed by atoms with van der Waals surface area (Å²) in [4.78, 5) is 25.2. The molecule has 29 heavy (non-hydrogen) atoms. The number of amides is 1. The summed E-state index contributed by atoms with van der Waals surface area (Å²) < 4.78 is 10.9. The minimum atomic E-state index is -1.07. The molecule has 0 fully saturated rings. The van der Waals surface area contributed by atoms with Gasteiger partial charge < -0.3 is 19.5 Å². The van der Waals surface area contributed by atoms with E-state index >= 15 is 0 Å². The van der Waals surface area contributed by atoms with Crippen molar-refractivity contribution in [1.29, 1.82) is 0 Å². The van der Waals surface area contributed by atoms with Crippen molar-refractivity contribution in [2.45, 2.75) is 20.0 Å². The third-order valence-corrected chi connectivity index (χ3v) is 3.92. The molecule has 0 bridgehead atoms. The second-order valence-corrected chi connectivity index (χ2v) is 6.38. The van der Waals surface area contributed by atoms with Crippen LogP contribution in [0.3, 0.4) is 0 Å². The third kappa shape index (κ3) is 6.24. The Balaban J connectivity index is 2.09. The maximum absolute atomic E-state index is 12.3. The van der Waals surface area contributed by atoms with Gasteiger partial charge >= 0.3 is 5.97 Å². The van der Waals surface area contributed by atoms with Gasteiger partial charge in [0.1, 0.15) is 0 Å². The number of carbonyl (C=O) groups is 2. The van der Waals surface area contributed by atoms with Gasteiger partial charge in [-0.2, -0.15) is 5.10 Å². The van der Waals surface area contributed by atoms with Crippen LogP contribution in [0.5, 0.6) is 11.5 Å². The highest BCUT2D eigenvalue weighted by Crippen LogP contribution is 2.29. The van der Waals surface area contributed by atoms with Crippen LogP contribution < -0.4 is 19.8 Å². The SMILES string of the molecule is CCOc1cc(/C=N/NC(=O)c2cccc(N(C)C)c2)ccc1OC(C)C(=O)O. The van der Waals surface area contributed by atoms with Crippen molar-refractivity contribution in [1.82, 2.24) is 5.43 Å². The van der Waals surface area contributed by atoms with Crippen LogP contribution in [0.15, 0.2) is 47.6 Å². The van der Waals surface area contributed by atoms with E-state index < -0.39 is 12.1 Å². The molecule has 0 heterocycles. The Morgan fingerprint density at radius 3 is 2.62 bits per heavy atom. The molecular weight excluding hydrogens is 374 g/mol. The van der Waals surface area contributed by atoms with Gasteiger partial charge in [-0.15, -0.1) is 0 Å². The average Bonchev–Trinajstić information content (AvgIpc) is 2.69. The number of rotatable bonds is 9. The fourth-order valence-electron chi connectivity index (χ4n) is 2.37. The second kappa shape index (κ2) is 10.1. The molecule has 2 N–H and O–H groups in total. The monoisotopic (exact) mass is 399 g/mol. The Bertz CT molecular complexity index is 896. The number of hydrogen-bond donors (Lipinski definition) is 2. The van der Waals surface area contributed by atoms with Gasteiger partial charge in [0.15, 0.2) is 17.6 Å². The molecule has 1 unspecified atom stereocenters. The van der Waals surface area contributed by atoms with Crippen LogP contribution >= 0.6 is 0 Å². The lowest BCUT2D eigenvalue weighted by Crippen LogP contribution is -2.23. The number of carboxylic acids is 1. The second-order valence-electron chi connectivity index (χ2n) is 6.38. The Kier molecular flexibility index (Phi) is 7.59. The van der Waals surface area contributed by atoms with Crippen molar-refractivity contribution in [3.63, 3.8) is 0 Å². The highest BCUT2D eigenvalue weighted by atomic mass is 16.5. The van der Waals surface area contributed by atoms with Gasteiger partial charge in [-0.25, -0.2) is 10.2 Å². The molecule has 0 saturated carbocycles. The minimum absolute atomic E-state index is 0.323. The summed E-state index contributed by atoms with van der Waals surface area (Å²) in [7, 11) is 3.80. The highest BCUT2D eigenvalue weighted by Gasteiger charge is 2.15. The molecule has 0 radical (unpaired) electrons. The van der Waals surface area contributed by atoms with E-state index in [-0.39, 0.29) is 5.91 Å². The van der Waals surface area contributed by atoms with Gasteiger partial charge in [-0.3, -0.25) is 4.79 Å². The summed E-state index contributed by atoms with van der Waals surface area (Å²) in [6, 6.07) is 12.1. The van der Waals surface area contributed by atoms with Crippen LogP contribution in [0.25, 0.3) is 0 Å². The molecule has 0 aliphatic rings. The standard InChI is InChI=1S/C21H25N3O5/c1-5-28-19-11-15(9-10-18(19)29-14(2)21(26)27)13-22-23-20(25)16-7-6-8-17(12-16)24(3)4/h6-14H,5H2,1-4H3,(H,23,25)(H,26,27)/b22-13+. The number of hydrogen-bond acceptors (Lipinski definition) is 6. The Morgan fingerprint density at radius 2 is 1.97 bits per heavy atom. The number of anilines is 1. The topological polar surface area (TPSA) is 100 Å². The molecule has 154 valence electrons. The number of hydrazone groups is 1. The van der Waals surface area contributed by atoms with Crippen molar-refractivity contribution in [3.8, 4) is 11.5 Å². The number of nitrogens with zero attached hydrogens (tertiary/aromatic N) is 2. The minimum Gasteiger partial charge on any atom is -0.490 e. The van der Waals surface area contributed by atoms with Gasteiger partial charge in [0.05, 0.1) is 12.8 Å². The lowest BCUT2D eigenvalue weighted by molar-refractivity contribution is -0.144. The number of carboxylic acid groups (broad SMARTS) is 1. The van der Waals surface area contributed by atoms with Gasteiger partial charge in [-0.05, 0) is 55.8 Å². The van der Waals surface area contributed by atoms with Gasteiger partial charge in [0.25, 0.3) is 5.91 Å². The zero-order valence-corrected chi connectivity index (χ0v) is 16.9. The first-order valence-electron chi connectivity index (χ1n) is 9.09. The van der Waals surface area contributed by atoms with Crippen LogP contribution in [-0.2, 0) is 4.79 Å². The molecular formula is C21H25N3O5. The summed E-state index contributed by atoms with van der Waals surface area (Å²) in [5.41, 5.74) is 4.55. The molecule has 0 spiro atoms. The number of aliphatic carboxylic acids is 1. The molecule has 0 aromatic heterocycles. The molecule has 2 aromatic carbocycles. The van der Waals surface area contributed by atoms with E-state index in [0.717, 1.165) is 5.69 Å². The summed E-state index contributed by atoms with van der Waals surface area (Å²) in [5, 5.41) is 13.0. The van der Waals surface area contributed by atoms with E-state index in [0.29, 0.717) is 29.2 Å². The van der Waals surface area contributed by atoms with E-state index in [9.17, 15) is 9.59 Å². The molecule has 8 heteroatoms. The first-order chi connectivity index (χ1) is 13.8. The van der Waals surface area contributed by atoms with Gasteiger partial charge in [-0.1, -0.05) is 6.07 Å². The predicted octanol–water partition coefficient (Wildman–Crippen LogP) is 2.77. The number of ether oxygens (including phenoxy) is 2. The molecule has 0 saturated heterocycles. The number of carbonyl (C=O) groups excluding carboxylic acids is 1. The van der Waals surface area contributed by atoms with Gasteiger partial charge in [0.2, 0.25) is 0 Å². The third-order valence-electron chi connectivity index (χ3n) is 3.92. The zero-order valence-electron chi connectivity index (χ0n) is 16.9. The smallest absolute Gasteiger partial charge is 0.344 e. The van der Waals surface area contributed by atoms with E-state index in [4.69, 9.17) is 14.6 Å². The molecule has 0 aliphatic carbocycles. The zero-order chi connectivity index (χ0) is 21.4. The normalized spacial score (nSPS) is 11.7. The molecule has 8 nitrogen and oxygen atoms in total. The summed E-state index contributed by atoms with van der Waals surface area (Å²) >= 11 is 0. The van der Waals surface area contributed by atoms with E-state index in [1.54, 1.807) is 36.4 Å². The van der Waals surface area contributed by atoms with Crippen molar-refractivity contribution in [2.24, 2.45) is 5.10 Å². The molecule has 2 aromatic rings. The Hall–Kier alpha value is -3.55. The van der Waals surface area contributed by atoms with Crippen LogP contribution in [0.1, 0.15) is 29.8 Å². The predicted molar refractivity (Wildman–Crippen MR) is 111 cm³/mol. The Morgan fingerprint density at radius 1 is 1.21 bits per heavy atom. The molecule has 0 aliphatic heterocycles. The van der Waals surface area contributed by atoms with E-state index in [1.165, 1.54) is 13.1 Å². The average molecular weight is 399 g/mol. The first kappa shape index (κ1) is 21.7. The van der Waals surface area contributed by atoms with E-state index in [2.05, 4.69) is 10.5 Å². The number of nitrogens with one attached hydrogen (secondary N) is 1. The Labute approximate surface area is 169 Å². The summed E-state index contributed by atoms with van der Waals surface area (Å²) in [5.74, 6) is -0.678. The molecule has 1 atom stereocenters. The fraction of sp³-hybridized carbons (Fsp3) is 0.286. The van der Waals surface area contributed by atoms with Crippen LogP contribution in [0, 0.1) is 0 Å². The first-order valence-corrected chi connectivity index (χ1v) is 9.09. The van der Waals surface area contributed by atoms with Gasteiger partial charge in [0, 0.05) is 25.3 Å². The fourth-order valence-corrected chi connectivity index (χ4v) is 2.37. The van der Waals surface area contributed by atoms with E-state index in [1.807, 2.05) is 32.0 Å². The maximum atomic E-state index is 12.3. The van der Waals surface area contributed by atoms with Crippen LogP contribution in [0.4, 0.5) is 5.69 Å². The van der Waals surface area contributed by atoms with Crippen molar-refractivity contribution in [2.75, 3.05) is 25.6 Å². The maximum Gasteiger partial charge on any atom is 0.344 e. The van der Waals surface area contributed by atoms with Crippen LogP contribution in [0.2, 0.25) is 0 Å². The van der Waals surface area contributed by atoms with Crippen molar-refractivity contribution < 1.29 is 24.2 Å². The summed E-state index contributed by atoms with van der Waals surface area (Å²) in [6.07, 6.45) is 0.464. The lowest BCUT2D eigenvalue weighted by Gasteiger charge is -2.15.